The molecule has 0 aromatic heterocycles. The molecule has 1 aliphatic carbocycles. The smallest absolute Gasteiger partial charge is 0.121 e. The Morgan fingerprint density at radius 2 is 2.22 bits per heavy atom. The van der Waals surface area contributed by atoms with E-state index in [-0.39, 0.29) is 6.42 Å². The summed E-state index contributed by atoms with van der Waals surface area (Å²) in [5.74, 6) is -1.12. The van der Waals surface area contributed by atoms with Gasteiger partial charge in [-0.3, -0.25) is 0 Å². The third-order valence-electron chi connectivity index (χ3n) is 1.09. The van der Waals surface area contributed by atoms with Crippen LogP contribution in [-0.4, -0.2) is 5.38 Å². The van der Waals surface area contributed by atoms with Gasteiger partial charge in [-0.15, -0.1) is 11.6 Å². The molecule has 0 heterocycles. The molecule has 3 heteroatoms. The second-order valence-corrected chi connectivity index (χ2v) is 2.35. The second kappa shape index (κ2) is 2.48. The summed E-state index contributed by atoms with van der Waals surface area (Å²) >= 11 is 5.38. The van der Waals surface area contributed by atoms with Gasteiger partial charge in [0.1, 0.15) is 11.7 Å². The fourth-order valence-corrected chi connectivity index (χ4v) is 0.762. The van der Waals surface area contributed by atoms with Gasteiger partial charge in [0.15, 0.2) is 0 Å². The molecule has 0 saturated carbocycles. The summed E-state index contributed by atoms with van der Waals surface area (Å²) in [4.78, 5) is 0. The van der Waals surface area contributed by atoms with Crippen LogP contribution in [0.2, 0.25) is 0 Å². The van der Waals surface area contributed by atoms with E-state index < -0.39 is 17.0 Å². The Labute approximate surface area is 56.8 Å². The van der Waals surface area contributed by atoms with Crippen LogP contribution >= 0.6 is 11.6 Å². The van der Waals surface area contributed by atoms with E-state index in [9.17, 15) is 8.78 Å². The minimum atomic E-state index is -0.663. The SMILES string of the molecule is FC1=CCC(Cl)C(F)=C1. The standard InChI is InChI=1S/C6H5ClF2/c7-5-2-1-4(8)3-6(5)9/h1,3,5H,2H2. The van der Waals surface area contributed by atoms with Crippen molar-refractivity contribution < 1.29 is 8.78 Å². The summed E-state index contributed by atoms with van der Waals surface area (Å²) in [6, 6.07) is 0. The average Bonchev–Trinajstić information content (AvgIpc) is 1.80. The number of alkyl halides is 1. The summed E-state index contributed by atoms with van der Waals surface area (Å²) in [7, 11) is 0. The number of halogens is 3. The number of allylic oxidation sites excluding steroid dienone is 4. The Kier molecular flexibility index (Phi) is 1.86. The molecule has 0 bridgehead atoms. The van der Waals surface area contributed by atoms with Gasteiger partial charge in [-0.25, -0.2) is 8.78 Å². The van der Waals surface area contributed by atoms with Crippen LogP contribution in [0.1, 0.15) is 6.42 Å². The van der Waals surface area contributed by atoms with Crippen molar-refractivity contribution in [1.82, 2.24) is 0 Å². The molecular weight excluding hydrogens is 146 g/mol. The van der Waals surface area contributed by atoms with Crippen molar-refractivity contribution in [3.8, 4) is 0 Å². The van der Waals surface area contributed by atoms with Crippen molar-refractivity contribution in [3.05, 3.63) is 23.8 Å². The van der Waals surface area contributed by atoms with Gasteiger partial charge in [-0.05, 0) is 12.5 Å². The van der Waals surface area contributed by atoms with Crippen LogP contribution in [0.3, 0.4) is 0 Å². The zero-order chi connectivity index (χ0) is 6.85. The van der Waals surface area contributed by atoms with E-state index in [0.29, 0.717) is 0 Å². The predicted octanol–water partition coefficient (Wildman–Crippen LogP) is 2.70. The fourth-order valence-electron chi connectivity index (χ4n) is 0.610. The monoisotopic (exact) mass is 150 g/mol. The zero-order valence-corrected chi connectivity index (χ0v) is 5.33. The van der Waals surface area contributed by atoms with Crippen LogP contribution < -0.4 is 0 Å². The molecule has 1 unspecified atom stereocenters. The topological polar surface area (TPSA) is 0 Å². The van der Waals surface area contributed by atoms with E-state index in [4.69, 9.17) is 11.6 Å². The van der Waals surface area contributed by atoms with Crippen molar-refractivity contribution in [2.75, 3.05) is 0 Å². The van der Waals surface area contributed by atoms with E-state index in [1.807, 2.05) is 0 Å². The van der Waals surface area contributed by atoms with E-state index in [1.165, 1.54) is 6.08 Å². The van der Waals surface area contributed by atoms with E-state index in [1.54, 1.807) is 0 Å². The molecule has 0 saturated heterocycles. The van der Waals surface area contributed by atoms with E-state index >= 15 is 0 Å². The molecule has 0 aliphatic heterocycles. The normalized spacial score (nSPS) is 27.2. The minimum Gasteiger partial charge on any atom is -0.210 e. The van der Waals surface area contributed by atoms with Gasteiger partial charge in [-0.2, -0.15) is 0 Å². The summed E-state index contributed by atoms with van der Waals surface area (Å²) in [5.41, 5.74) is 0. The lowest BCUT2D eigenvalue weighted by atomic mass is 10.1. The summed E-state index contributed by atoms with van der Waals surface area (Å²) < 4.78 is 24.4. The molecule has 0 aromatic rings. The number of hydrogen-bond donors (Lipinski definition) is 0. The number of rotatable bonds is 0. The fraction of sp³-hybridized carbons (Fsp3) is 0.333. The summed E-state index contributed by atoms with van der Waals surface area (Å²) in [5, 5.41) is -0.663. The van der Waals surface area contributed by atoms with Gasteiger partial charge in [0.25, 0.3) is 0 Å². The van der Waals surface area contributed by atoms with Crippen LogP contribution in [-0.2, 0) is 0 Å². The van der Waals surface area contributed by atoms with Crippen molar-refractivity contribution in [1.29, 1.82) is 0 Å². The first kappa shape index (κ1) is 6.75. The molecular formula is C6H5ClF2. The average molecular weight is 151 g/mol. The maximum atomic E-state index is 12.3. The molecule has 0 fully saturated rings. The summed E-state index contributed by atoms with van der Waals surface area (Å²) in [6.07, 6.45) is 2.32. The molecule has 50 valence electrons. The van der Waals surface area contributed by atoms with Gasteiger partial charge in [0.05, 0.1) is 5.38 Å². The lowest BCUT2D eigenvalue weighted by Gasteiger charge is -2.06. The van der Waals surface area contributed by atoms with Gasteiger partial charge < -0.3 is 0 Å². The first-order valence-electron chi connectivity index (χ1n) is 2.57. The van der Waals surface area contributed by atoms with Crippen molar-refractivity contribution in [2.45, 2.75) is 11.8 Å². The Balaban J connectivity index is 2.74. The highest BCUT2D eigenvalue weighted by Crippen LogP contribution is 2.23. The lowest BCUT2D eigenvalue weighted by Crippen LogP contribution is -2.01. The quantitative estimate of drug-likeness (QED) is 0.466. The third-order valence-corrected chi connectivity index (χ3v) is 1.48. The molecule has 0 spiro atoms. The third kappa shape index (κ3) is 1.52. The van der Waals surface area contributed by atoms with Gasteiger partial charge in [-0.1, -0.05) is 0 Å². The molecule has 9 heavy (non-hydrogen) atoms. The minimum absolute atomic E-state index is 0.246. The predicted molar refractivity (Wildman–Crippen MR) is 32.6 cm³/mol. The first-order chi connectivity index (χ1) is 4.20. The van der Waals surface area contributed by atoms with Crippen molar-refractivity contribution in [2.24, 2.45) is 0 Å². The molecule has 1 rings (SSSR count). The van der Waals surface area contributed by atoms with Crippen molar-refractivity contribution >= 4 is 11.6 Å². The molecule has 0 aromatic carbocycles. The Morgan fingerprint density at radius 1 is 1.56 bits per heavy atom. The highest BCUT2D eigenvalue weighted by molar-refractivity contribution is 6.22. The first-order valence-corrected chi connectivity index (χ1v) is 3.00. The molecule has 0 amide bonds. The molecule has 1 aliphatic rings. The Morgan fingerprint density at radius 3 is 2.67 bits per heavy atom. The molecule has 0 radical (unpaired) electrons. The number of hydrogen-bond acceptors (Lipinski definition) is 0. The Hall–Kier alpha value is -0.370. The van der Waals surface area contributed by atoms with Crippen LogP contribution in [0.4, 0.5) is 8.78 Å². The van der Waals surface area contributed by atoms with Crippen LogP contribution in [0.5, 0.6) is 0 Å². The summed E-state index contributed by atoms with van der Waals surface area (Å²) in [6.45, 7) is 0. The van der Waals surface area contributed by atoms with Gasteiger partial charge in [0, 0.05) is 6.08 Å². The van der Waals surface area contributed by atoms with Crippen LogP contribution in [0.15, 0.2) is 23.8 Å². The second-order valence-electron chi connectivity index (χ2n) is 1.82. The Bertz CT molecular complexity index is 172. The van der Waals surface area contributed by atoms with Crippen LogP contribution in [0.25, 0.3) is 0 Å². The van der Waals surface area contributed by atoms with Crippen LogP contribution in [0, 0.1) is 0 Å². The lowest BCUT2D eigenvalue weighted by molar-refractivity contribution is 0.562. The van der Waals surface area contributed by atoms with Gasteiger partial charge >= 0.3 is 0 Å². The largest absolute Gasteiger partial charge is 0.210 e. The maximum Gasteiger partial charge on any atom is 0.121 e. The van der Waals surface area contributed by atoms with Crippen molar-refractivity contribution in [3.63, 3.8) is 0 Å². The van der Waals surface area contributed by atoms with E-state index in [0.717, 1.165) is 6.08 Å². The molecule has 0 N–H and O–H groups in total. The van der Waals surface area contributed by atoms with Gasteiger partial charge in [0.2, 0.25) is 0 Å². The molecule has 1 atom stereocenters. The molecule has 0 nitrogen and oxygen atoms in total. The van der Waals surface area contributed by atoms with E-state index in [2.05, 4.69) is 0 Å². The maximum absolute atomic E-state index is 12.3. The zero-order valence-electron chi connectivity index (χ0n) is 4.57. The highest BCUT2D eigenvalue weighted by Gasteiger charge is 2.14. The highest BCUT2D eigenvalue weighted by atomic mass is 35.5.